The average molecular weight is 234 g/mol. The Labute approximate surface area is 103 Å². The molecule has 0 bridgehead atoms. The molecular weight excluding hydrogens is 212 g/mol. The number of nitrogens with one attached hydrogen (secondary N) is 1. The Morgan fingerprint density at radius 1 is 1.29 bits per heavy atom. The fraction of sp³-hybridized carbons (Fsp3) is 0.692. The van der Waals surface area contributed by atoms with Crippen molar-refractivity contribution < 1.29 is 0 Å². The van der Waals surface area contributed by atoms with Crippen LogP contribution in [0.3, 0.4) is 0 Å². The molecule has 17 heavy (non-hydrogen) atoms. The molecule has 0 atom stereocenters. The number of nitrogens with zero attached hydrogens (tertiary/aromatic N) is 3. The number of piperidine rings is 1. The number of hydrogen-bond acceptors (Lipinski definition) is 4. The lowest BCUT2D eigenvalue weighted by atomic mass is 9.94. The summed E-state index contributed by atoms with van der Waals surface area (Å²) in [6, 6.07) is 0. The zero-order chi connectivity index (χ0) is 12.1. The molecule has 4 heteroatoms. The molecule has 2 rings (SSSR count). The van der Waals surface area contributed by atoms with Crippen molar-refractivity contribution in [2.45, 2.75) is 33.1 Å². The predicted octanol–water partition coefficient (Wildman–Crippen LogP) is 2.53. The maximum atomic E-state index is 4.59. The van der Waals surface area contributed by atoms with Gasteiger partial charge in [0.25, 0.3) is 0 Å². The zero-order valence-electron chi connectivity index (χ0n) is 10.8. The lowest BCUT2D eigenvalue weighted by Gasteiger charge is -2.32. The Balaban J connectivity index is 2.00. The second-order valence-electron chi connectivity index (χ2n) is 4.63. The molecule has 1 fully saturated rings. The van der Waals surface area contributed by atoms with Crippen LogP contribution in [-0.4, -0.2) is 29.6 Å². The van der Waals surface area contributed by atoms with Crippen LogP contribution in [0.2, 0.25) is 0 Å². The highest BCUT2D eigenvalue weighted by atomic mass is 15.2. The van der Waals surface area contributed by atoms with Crippen molar-refractivity contribution in [3.63, 3.8) is 0 Å². The van der Waals surface area contributed by atoms with E-state index in [-0.39, 0.29) is 0 Å². The molecule has 0 amide bonds. The molecule has 1 aromatic rings. The van der Waals surface area contributed by atoms with E-state index < -0.39 is 0 Å². The van der Waals surface area contributed by atoms with Crippen LogP contribution in [-0.2, 0) is 0 Å². The highest BCUT2D eigenvalue weighted by Gasteiger charge is 2.19. The largest absolute Gasteiger partial charge is 0.369 e. The highest BCUT2D eigenvalue weighted by molar-refractivity contribution is 5.43. The third-order valence-electron chi connectivity index (χ3n) is 3.50. The van der Waals surface area contributed by atoms with Crippen LogP contribution in [0.15, 0.2) is 12.4 Å². The summed E-state index contributed by atoms with van der Waals surface area (Å²) in [5.41, 5.74) is 0. The first-order valence-corrected chi connectivity index (χ1v) is 6.64. The van der Waals surface area contributed by atoms with Crippen molar-refractivity contribution in [2.24, 2.45) is 5.92 Å². The first-order chi connectivity index (χ1) is 8.33. The van der Waals surface area contributed by atoms with E-state index in [1.165, 1.54) is 19.3 Å². The van der Waals surface area contributed by atoms with Crippen LogP contribution in [0.1, 0.15) is 33.1 Å². The maximum Gasteiger partial charge on any atom is 0.149 e. The molecule has 94 valence electrons. The number of aromatic nitrogens is 2. The van der Waals surface area contributed by atoms with Gasteiger partial charge in [0.2, 0.25) is 0 Å². The smallest absolute Gasteiger partial charge is 0.149 e. The Bertz CT molecular complexity index is 345. The second-order valence-corrected chi connectivity index (χ2v) is 4.63. The van der Waals surface area contributed by atoms with Gasteiger partial charge in [-0.1, -0.05) is 13.3 Å². The Hall–Kier alpha value is -1.32. The number of hydrogen-bond donors (Lipinski definition) is 1. The van der Waals surface area contributed by atoms with Gasteiger partial charge >= 0.3 is 0 Å². The monoisotopic (exact) mass is 234 g/mol. The minimum absolute atomic E-state index is 0.877. The topological polar surface area (TPSA) is 41.1 Å². The molecule has 4 nitrogen and oxygen atoms in total. The van der Waals surface area contributed by atoms with E-state index in [2.05, 4.69) is 34.0 Å². The fourth-order valence-electron chi connectivity index (χ4n) is 2.34. The van der Waals surface area contributed by atoms with Gasteiger partial charge in [-0.2, -0.15) is 0 Å². The molecule has 1 aliphatic rings. The van der Waals surface area contributed by atoms with Crippen LogP contribution < -0.4 is 10.2 Å². The molecule has 0 spiro atoms. The van der Waals surface area contributed by atoms with E-state index in [1.54, 1.807) is 6.20 Å². The van der Waals surface area contributed by atoms with Crippen molar-refractivity contribution in [3.05, 3.63) is 12.4 Å². The quantitative estimate of drug-likeness (QED) is 0.869. The SMILES string of the molecule is CCNc1cncc(N2CCC(CC)CC2)n1. The summed E-state index contributed by atoms with van der Waals surface area (Å²) in [5.74, 6) is 2.79. The van der Waals surface area contributed by atoms with Gasteiger partial charge in [0.05, 0.1) is 12.4 Å². The van der Waals surface area contributed by atoms with Crippen LogP contribution in [0, 0.1) is 5.92 Å². The van der Waals surface area contributed by atoms with E-state index >= 15 is 0 Å². The molecule has 2 heterocycles. The van der Waals surface area contributed by atoms with Crippen LogP contribution in [0.5, 0.6) is 0 Å². The summed E-state index contributed by atoms with van der Waals surface area (Å²) in [6.45, 7) is 7.47. The summed E-state index contributed by atoms with van der Waals surface area (Å²) >= 11 is 0. The van der Waals surface area contributed by atoms with Gasteiger partial charge < -0.3 is 10.2 Å². The van der Waals surface area contributed by atoms with Gasteiger partial charge in [0, 0.05) is 19.6 Å². The summed E-state index contributed by atoms with van der Waals surface area (Å²) in [7, 11) is 0. The van der Waals surface area contributed by atoms with E-state index in [4.69, 9.17) is 0 Å². The van der Waals surface area contributed by atoms with E-state index in [0.29, 0.717) is 0 Å². The first kappa shape index (κ1) is 12.1. The van der Waals surface area contributed by atoms with Crippen molar-refractivity contribution in [3.8, 4) is 0 Å². The molecule has 1 aromatic heterocycles. The molecule has 0 radical (unpaired) electrons. The molecule has 0 saturated carbocycles. The maximum absolute atomic E-state index is 4.59. The average Bonchev–Trinajstić information content (AvgIpc) is 2.40. The van der Waals surface area contributed by atoms with Gasteiger partial charge in [-0.15, -0.1) is 0 Å². The van der Waals surface area contributed by atoms with Crippen molar-refractivity contribution in [2.75, 3.05) is 29.9 Å². The van der Waals surface area contributed by atoms with E-state index in [0.717, 1.165) is 37.2 Å². The Morgan fingerprint density at radius 3 is 2.71 bits per heavy atom. The third-order valence-corrected chi connectivity index (χ3v) is 3.50. The fourth-order valence-corrected chi connectivity index (χ4v) is 2.34. The molecular formula is C13H22N4. The van der Waals surface area contributed by atoms with Crippen LogP contribution >= 0.6 is 0 Å². The summed E-state index contributed by atoms with van der Waals surface area (Å²) < 4.78 is 0. The van der Waals surface area contributed by atoms with Gasteiger partial charge in [-0.3, -0.25) is 4.98 Å². The minimum Gasteiger partial charge on any atom is -0.369 e. The van der Waals surface area contributed by atoms with Crippen LogP contribution in [0.25, 0.3) is 0 Å². The predicted molar refractivity (Wildman–Crippen MR) is 71.4 cm³/mol. The standard InChI is InChI=1S/C13H22N4/c1-3-11-5-7-17(8-6-11)13-10-14-9-12(16-13)15-4-2/h9-11H,3-8H2,1-2H3,(H,15,16). The number of anilines is 2. The second kappa shape index (κ2) is 5.84. The number of rotatable bonds is 4. The Morgan fingerprint density at radius 2 is 2.06 bits per heavy atom. The normalized spacial score (nSPS) is 17.2. The van der Waals surface area contributed by atoms with Crippen molar-refractivity contribution >= 4 is 11.6 Å². The van der Waals surface area contributed by atoms with Crippen molar-refractivity contribution in [1.29, 1.82) is 0 Å². The van der Waals surface area contributed by atoms with Gasteiger partial charge in [0.15, 0.2) is 0 Å². The van der Waals surface area contributed by atoms with Gasteiger partial charge in [0.1, 0.15) is 11.6 Å². The minimum atomic E-state index is 0.877. The molecule has 1 saturated heterocycles. The lowest BCUT2D eigenvalue weighted by Crippen LogP contribution is -2.34. The van der Waals surface area contributed by atoms with Crippen molar-refractivity contribution in [1.82, 2.24) is 9.97 Å². The molecule has 0 unspecified atom stereocenters. The molecule has 1 aliphatic heterocycles. The van der Waals surface area contributed by atoms with E-state index in [9.17, 15) is 0 Å². The molecule has 0 aromatic carbocycles. The van der Waals surface area contributed by atoms with Gasteiger partial charge in [-0.05, 0) is 25.7 Å². The zero-order valence-corrected chi connectivity index (χ0v) is 10.8. The Kier molecular flexibility index (Phi) is 4.18. The highest BCUT2D eigenvalue weighted by Crippen LogP contribution is 2.23. The van der Waals surface area contributed by atoms with E-state index in [1.807, 2.05) is 6.20 Å². The molecule has 0 aliphatic carbocycles. The summed E-state index contributed by atoms with van der Waals surface area (Å²) in [6.07, 6.45) is 7.52. The summed E-state index contributed by atoms with van der Waals surface area (Å²) in [5, 5.41) is 3.21. The molecule has 1 N–H and O–H groups in total. The van der Waals surface area contributed by atoms with Gasteiger partial charge in [-0.25, -0.2) is 4.98 Å². The lowest BCUT2D eigenvalue weighted by molar-refractivity contribution is 0.393. The van der Waals surface area contributed by atoms with Crippen LogP contribution in [0.4, 0.5) is 11.6 Å². The first-order valence-electron chi connectivity index (χ1n) is 6.64. The third kappa shape index (κ3) is 3.08. The summed E-state index contributed by atoms with van der Waals surface area (Å²) in [4.78, 5) is 11.2.